The van der Waals surface area contributed by atoms with Crippen molar-refractivity contribution in [2.24, 2.45) is 0 Å². The second-order valence-electron chi connectivity index (χ2n) is 9.31. The highest BCUT2D eigenvalue weighted by Gasteiger charge is 2.37. The highest BCUT2D eigenvalue weighted by Crippen LogP contribution is 2.34. The van der Waals surface area contributed by atoms with Gasteiger partial charge in [-0.3, -0.25) is 9.78 Å². The van der Waals surface area contributed by atoms with Crippen LogP contribution in [0.4, 0.5) is 0 Å². The number of aromatic nitrogens is 5. The van der Waals surface area contributed by atoms with E-state index in [1.807, 2.05) is 54.3 Å². The molecule has 0 radical (unpaired) electrons. The maximum Gasteiger partial charge on any atom is 0.276 e. The Hall–Kier alpha value is -3.88. The zero-order chi connectivity index (χ0) is 24.3. The summed E-state index contributed by atoms with van der Waals surface area (Å²) < 4.78 is 10.8. The lowest BCUT2D eigenvalue weighted by atomic mass is 9.79. The molecule has 0 bridgehead atoms. The minimum Gasteiger partial charge on any atom is -0.343 e. The molecule has 1 aliphatic rings. The second kappa shape index (κ2) is 9.77. The zero-order valence-electron chi connectivity index (χ0n) is 20.0. The van der Waals surface area contributed by atoms with Gasteiger partial charge in [0.2, 0.25) is 17.6 Å². The van der Waals surface area contributed by atoms with E-state index in [2.05, 4.69) is 32.2 Å². The Kier molecular flexibility index (Phi) is 6.39. The minimum atomic E-state index is -0.233. The van der Waals surface area contributed by atoms with Gasteiger partial charge in [0.25, 0.3) is 5.89 Å². The van der Waals surface area contributed by atoms with Crippen LogP contribution in [0.25, 0.3) is 23.0 Å². The van der Waals surface area contributed by atoms with Crippen molar-refractivity contribution < 1.29 is 13.8 Å². The molecule has 0 N–H and O–H groups in total. The molecule has 0 aliphatic carbocycles. The normalized spacial score (nSPS) is 15.3. The Bertz CT molecular complexity index is 1270. The van der Waals surface area contributed by atoms with Gasteiger partial charge in [-0.2, -0.15) is 9.97 Å². The number of likely N-dealkylation sites (tertiary alicyclic amines) is 1. The van der Waals surface area contributed by atoms with Crippen LogP contribution in [0.1, 0.15) is 49.9 Å². The molecule has 0 spiro atoms. The van der Waals surface area contributed by atoms with Crippen LogP contribution < -0.4 is 0 Å². The van der Waals surface area contributed by atoms with Gasteiger partial charge in [-0.1, -0.05) is 53.1 Å². The third-order valence-electron chi connectivity index (χ3n) is 6.63. The van der Waals surface area contributed by atoms with Crippen LogP contribution in [0.3, 0.4) is 0 Å². The molecule has 9 nitrogen and oxygen atoms in total. The van der Waals surface area contributed by atoms with E-state index in [9.17, 15) is 4.79 Å². The zero-order valence-corrected chi connectivity index (χ0v) is 20.0. The van der Waals surface area contributed by atoms with Gasteiger partial charge < -0.3 is 13.9 Å². The topological polar surface area (TPSA) is 111 Å². The molecule has 1 aliphatic heterocycles. The maximum absolute atomic E-state index is 12.8. The summed E-state index contributed by atoms with van der Waals surface area (Å²) in [7, 11) is 0. The predicted octanol–water partition coefficient (Wildman–Crippen LogP) is 4.39. The molecule has 1 aromatic carbocycles. The summed E-state index contributed by atoms with van der Waals surface area (Å²) in [6.45, 7) is 5.50. The van der Waals surface area contributed by atoms with Crippen LogP contribution in [0.5, 0.6) is 0 Å². The van der Waals surface area contributed by atoms with Crippen molar-refractivity contribution in [3.63, 3.8) is 0 Å². The van der Waals surface area contributed by atoms with Crippen LogP contribution in [0.2, 0.25) is 0 Å². The number of aryl methyl sites for hydroxylation is 2. The Morgan fingerprint density at radius 1 is 1.03 bits per heavy atom. The molecule has 4 heterocycles. The summed E-state index contributed by atoms with van der Waals surface area (Å²) in [5, 5.41) is 8.28. The average Bonchev–Trinajstić information content (AvgIpc) is 3.56. The van der Waals surface area contributed by atoms with Crippen molar-refractivity contribution in [2.45, 2.75) is 51.4 Å². The van der Waals surface area contributed by atoms with Crippen molar-refractivity contribution in [3.05, 3.63) is 65.9 Å². The summed E-state index contributed by atoms with van der Waals surface area (Å²) in [4.78, 5) is 28.0. The van der Waals surface area contributed by atoms with Crippen molar-refractivity contribution in [1.82, 2.24) is 30.2 Å². The number of piperidine rings is 1. The summed E-state index contributed by atoms with van der Waals surface area (Å²) in [5.41, 5.74) is 2.53. The number of carbonyl (C=O) groups is 1. The number of hydrogen-bond donors (Lipinski definition) is 0. The Balaban J connectivity index is 1.10. The fraction of sp³-hybridized carbons (Fsp3) is 0.385. The lowest BCUT2D eigenvalue weighted by Crippen LogP contribution is -2.44. The summed E-state index contributed by atoms with van der Waals surface area (Å²) in [6.07, 6.45) is 4.96. The van der Waals surface area contributed by atoms with Crippen molar-refractivity contribution >= 4 is 5.91 Å². The van der Waals surface area contributed by atoms with Gasteiger partial charge in [0.1, 0.15) is 5.69 Å². The average molecular weight is 473 g/mol. The third-order valence-corrected chi connectivity index (χ3v) is 6.63. The molecule has 4 aromatic rings. The van der Waals surface area contributed by atoms with Crippen LogP contribution >= 0.6 is 0 Å². The third kappa shape index (κ3) is 5.13. The Morgan fingerprint density at radius 2 is 1.83 bits per heavy atom. The summed E-state index contributed by atoms with van der Waals surface area (Å²) in [6, 6.07) is 13.6. The van der Waals surface area contributed by atoms with Gasteiger partial charge in [0.15, 0.2) is 5.82 Å². The first kappa shape index (κ1) is 22.9. The van der Waals surface area contributed by atoms with E-state index < -0.39 is 0 Å². The lowest BCUT2D eigenvalue weighted by molar-refractivity contribution is -0.132. The van der Waals surface area contributed by atoms with Gasteiger partial charge in [-0.05, 0) is 38.3 Å². The molecule has 1 saturated heterocycles. The van der Waals surface area contributed by atoms with Crippen molar-refractivity contribution in [1.29, 1.82) is 0 Å². The smallest absolute Gasteiger partial charge is 0.276 e. The van der Waals surface area contributed by atoms with Gasteiger partial charge >= 0.3 is 0 Å². The molecule has 1 fully saturated rings. The van der Waals surface area contributed by atoms with Crippen LogP contribution in [0.15, 0.2) is 57.7 Å². The Morgan fingerprint density at radius 3 is 2.57 bits per heavy atom. The van der Waals surface area contributed by atoms with Crippen LogP contribution in [-0.2, 0) is 16.6 Å². The van der Waals surface area contributed by atoms with Gasteiger partial charge in [0, 0.05) is 43.1 Å². The molecule has 9 heteroatoms. The minimum absolute atomic E-state index is 0.146. The molecular formula is C26H28N6O3. The molecule has 0 unspecified atom stereocenters. The fourth-order valence-electron chi connectivity index (χ4n) is 4.26. The monoisotopic (exact) mass is 472 g/mol. The highest BCUT2D eigenvalue weighted by molar-refractivity contribution is 5.76. The molecule has 5 rings (SSSR count). The first-order chi connectivity index (χ1) is 17.0. The van der Waals surface area contributed by atoms with E-state index in [-0.39, 0.29) is 11.3 Å². The number of amides is 1. The lowest BCUT2D eigenvalue weighted by Gasteiger charge is -2.37. The van der Waals surface area contributed by atoms with Crippen molar-refractivity contribution in [3.8, 4) is 23.0 Å². The molecule has 180 valence electrons. The Labute approximate surface area is 203 Å². The van der Waals surface area contributed by atoms with Crippen LogP contribution in [0, 0.1) is 6.92 Å². The standard InChI is InChI=1S/C26H28N6O3/c1-18-9-11-19(12-10-18)23-28-21(34-30-23)7-5-8-22(33)32-16-13-26(2,14-17-32)25-29-24(35-31-25)20-6-3-4-15-27-20/h3-4,6,9-12,15H,5,7-8,13-14,16-17H2,1-2H3. The first-order valence-electron chi connectivity index (χ1n) is 11.9. The van der Waals surface area contributed by atoms with E-state index in [1.165, 1.54) is 5.56 Å². The van der Waals surface area contributed by atoms with Crippen molar-refractivity contribution in [2.75, 3.05) is 13.1 Å². The number of rotatable bonds is 7. The number of carbonyl (C=O) groups excluding carboxylic acids is 1. The predicted molar refractivity (Wildman–Crippen MR) is 128 cm³/mol. The van der Waals surface area contributed by atoms with Gasteiger partial charge in [-0.15, -0.1) is 0 Å². The SMILES string of the molecule is Cc1ccc(-c2noc(CCCC(=O)N3CCC(C)(c4noc(-c5ccccn5)n4)CC3)n2)cc1. The molecule has 1 amide bonds. The largest absolute Gasteiger partial charge is 0.343 e. The van der Waals surface area contributed by atoms with Gasteiger partial charge in [0.05, 0.1) is 0 Å². The number of pyridine rings is 1. The molecule has 3 aromatic heterocycles. The number of hydrogen-bond acceptors (Lipinski definition) is 8. The quantitative estimate of drug-likeness (QED) is 0.389. The second-order valence-corrected chi connectivity index (χ2v) is 9.31. The molecule has 35 heavy (non-hydrogen) atoms. The maximum atomic E-state index is 12.8. The molecular weight excluding hydrogens is 444 g/mol. The van der Waals surface area contributed by atoms with E-state index in [0.717, 1.165) is 18.4 Å². The molecule has 0 saturated carbocycles. The number of nitrogens with zero attached hydrogens (tertiary/aromatic N) is 6. The van der Waals surface area contributed by atoms with E-state index in [0.29, 0.717) is 61.5 Å². The van der Waals surface area contributed by atoms with E-state index in [4.69, 9.17) is 9.05 Å². The number of benzene rings is 1. The van der Waals surface area contributed by atoms with Gasteiger partial charge in [-0.25, -0.2) is 0 Å². The fourth-order valence-corrected chi connectivity index (χ4v) is 4.26. The summed E-state index contributed by atoms with van der Waals surface area (Å²) in [5.74, 6) is 2.38. The van der Waals surface area contributed by atoms with E-state index in [1.54, 1.807) is 6.20 Å². The van der Waals surface area contributed by atoms with E-state index >= 15 is 0 Å². The summed E-state index contributed by atoms with van der Waals surface area (Å²) >= 11 is 0. The molecule has 0 atom stereocenters. The van der Waals surface area contributed by atoms with Crippen LogP contribution in [-0.4, -0.2) is 49.2 Å². The highest BCUT2D eigenvalue weighted by atomic mass is 16.5. The first-order valence-corrected chi connectivity index (χ1v) is 11.9.